The van der Waals surface area contributed by atoms with E-state index < -0.39 is 0 Å². The zero-order valence-corrected chi connectivity index (χ0v) is 12.6. The fourth-order valence-electron chi connectivity index (χ4n) is 2.35. The zero-order chi connectivity index (χ0) is 13.5. The van der Waals surface area contributed by atoms with Gasteiger partial charge in [-0.25, -0.2) is 4.98 Å². The van der Waals surface area contributed by atoms with E-state index in [2.05, 4.69) is 19.7 Å². The van der Waals surface area contributed by atoms with E-state index in [9.17, 15) is 0 Å². The van der Waals surface area contributed by atoms with Crippen molar-refractivity contribution in [3.63, 3.8) is 0 Å². The van der Waals surface area contributed by atoms with Crippen molar-refractivity contribution in [2.45, 2.75) is 48.6 Å². The Morgan fingerprint density at radius 3 is 2.80 bits per heavy atom. The molecule has 20 heavy (non-hydrogen) atoms. The molecule has 4 nitrogen and oxygen atoms in total. The van der Waals surface area contributed by atoms with Gasteiger partial charge < -0.3 is 4.57 Å². The monoisotopic (exact) mass is 306 g/mol. The van der Waals surface area contributed by atoms with Crippen LogP contribution < -0.4 is 0 Å². The van der Waals surface area contributed by atoms with Crippen LogP contribution in [0.15, 0.2) is 23.5 Å². The molecule has 0 radical (unpaired) electrons. The van der Waals surface area contributed by atoms with E-state index in [4.69, 9.17) is 11.6 Å². The molecule has 0 saturated heterocycles. The van der Waals surface area contributed by atoms with Crippen LogP contribution in [-0.2, 0) is 5.75 Å². The maximum absolute atomic E-state index is 6.10. The van der Waals surface area contributed by atoms with Crippen LogP contribution in [0.4, 0.5) is 0 Å². The molecule has 4 rings (SSSR count). The number of thioether (sulfide) groups is 1. The van der Waals surface area contributed by atoms with Crippen molar-refractivity contribution in [3.8, 4) is 0 Å². The molecule has 0 unspecified atom stereocenters. The van der Waals surface area contributed by atoms with Crippen molar-refractivity contribution in [1.82, 2.24) is 19.7 Å². The van der Waals surface area contributed by atoms with Crippen molar-refractivity contribution in [3.05, 3.63) is 34.9 Å². The summed E-state index contributed by atoms with van der Waals surface area (Å²) in [6.07, 6.45) is 6.78. The van der Waals surface area contributed by atoms with E-state index in [0.29, 0.717) is 17.1 Å². The molecule has 0 bridgehead atoms. The van der Waals surface area contributed by atoms with E-state index in [1.54, 1.807) is 18.0 Å². The molecule has 104 valence electrons. The summed E-state index contributed by atoms with van der Waals surface area (Å²) in [5.74, 6) is 2.65. The molecule has 2 aromatic rings. The highest BCUT2D eigenvalue weighted by Crippen LogP contribution is 2.46. The molecule has 2 fully saturated rings. The maximum Gasteiger partial charge on any atom is 0.191 e. The zero-order valence-electron chi connectivity index (χ0n) is 11.0. The van der Waals surface area contributed by atoms with E-state index in [-0.39, 0.29) is 0 Å². The minimum absolute atomic E-state index is 0.583. The molecule has 2 saturated carbocycles. The third kappa shape index (κ3) is 2.44. The number of rotatable bonds is 5. The van der Waals surface area contributed by atoms with Crippen molar-refractivity contribution < 1.29 is 0 Å². The molecule has 2 aliphatic carbocycles. The van der Waals surface area contributed by atoms with Gasteiger partial charge in [0.1, 0.15) is 11.0 Å². The lowest BCUT2D eigenvalue weighted by atomic mass is 10.3. The number of aromatic nitrogens is 4. The summed E-state index contributed by atoms with van der Waals surface area (Å²) in [5, 5.41) is 10.4. The van der Waals surface area contributed by atoms with Gasteiger partial charge in [0.15, 0.2) is 5.16 Å². The molecule has 0 spiro atoms. The van der Waals surface area contributed by atoms with Crippen LogP contribution >= 0.6 is 23.4 Å². The molecule has 2 heterocycles. The standard InChI is InChI=1S/C14H15ClN4S/c15-12-10(2-1-7-16-12)8-20-14-18-17-13(9-3-4-9)19(14)11-5-6-11/h1-2,7,9,11H,3-6,8H2. The van der Waals surface area contributed by atoms with Crippen LogP contribution in [0.2, 0.25) is 5.15 Å². The van der Waals surface area contributed by atoms with Gasteiger partial charge in [0.2, 0.25) is 0 Å². The number of hydrogen-bond donors (Lipinski definition) is 0. The van der Waals surface area contributed by atoms with Gasteiger partial charge in [-0.3, -0.25) is 0 Å². The quantitative estimate of drug-likeness (QED) is 0.622. The highest BCUT2D eigenvalue weighted by molar-refractivity contribution is 7.98. The van der Waals surface area contributed by atoms with Crippen LogP contribution in [0.25, 0.3) is 0 Å². The Hall–Kier alpha value is -1.07. The molecule has 0 atom stereocenters. The lowest BCUT2D eigenvalue weighted by molar-refractivity contribution is 0.627. The molecule has 0 aliphatic heterocycles. The molecule has 2 aromatic heterocycles. The van der Waals surface area contributed by atoms with Crippen molar-refractivity contribution >= 4 is 23.4 Å². The van der Waals surface area contributed by atoms with E-state index in [0.717, 1.165) is 16.5 Å². The molecule has 6 heteroatoms. The average molecular weight is 307 g/mol. The summed E-state index contributed by atoms with van der Waals surface area (Å²) < 4.78 is 2.37. The number of nitrogens with zero attached hydrogens (tertiary/aromatic N) is 4. The summed E-state index contributed by atoms with van der Waals surface area (Å²) in [7, 11) is 0. The Kier molecular flexibility index (Phi) is 3.19. The lowest BCUT2D eigenvalue weighted by Gasteiger charge is -2.08. The number of pyridine rings is 1. The molecule has 0 amide bonds. The first-order valence-electron chi connectivity index (χ1n) is 7.00. The molecular formula is C14H15ClN4S. The third-order valence-electron chi connectivity index (χ3n) is 3.74. The van der Waals surface area contributed by atoms with Crippen molar-refractivity contribution in [2.75, 3.05) is 0 Å². The second-order valence-electron chi connectivity index (χ2n) is 5.46. The van der Waals surface area contributed by atoms with Gasteiger partial charge in [0, 0.05) is 23.9 Å². The Morgan fingerprint density at radius 2 is 2.10 bits per heavy atom. The van der Waals surface area contributed by atoms with Crippen LogP contribution in [-0.4, -0.2) is 19.7 Å². The molecule has 2 aliphatic rings. The predicted molar refractivity (Wildman–Crippen MR) is 79.1 cm³/mol. The average Bonchev–Trinajstić information content (AvgIpc) is 3.37. The van der Waals surface area contributed by atoms with Crippen LogP contribution in [0.1, 0.15) is 49.0 Å². The van der Waals surface area contributed by atoms with Gasteiger partial charge in [-0.1, -0.05) is 29.4 Å². The summed E-state index contributed by atoms with van der Waals surface area (Å²) in [6.45, 7) is 0. The van der Waals surface area contributed by atoms with Gasteiger partial charge in [-0.2, -0.15) is 0 Å². The Bertz CT molecular complexity index is 634. The van der Waals surface area contributed by atoms with E-state index in [1.807, 2.05) is 12.1 Å². The minimum Gasteiger partial charge on any atom is -0.303 e. The van der Waals surface area contributed by atoms with Crippen molar-refractivity contribution in [1.29, 1.82) is 0 Å². The summed E-state index contributed by atoms with van der Waals surface area (Å²) in [5.41, 5.74) is 1.05. The van der Waals surface area contributed by atoms with Crippen LogP contribution in [0.5, 0.6) is 0 Å². The Morgan fingerprint density at radius 1 is 1.25 bits per heavy atom. The summed E-state index contributed by atoms with van der Waals surface area (Å²) in [6, 6.07) is 4.57. The first-order valence-corrected chi connectivity index (χ1v) is 8.36. The van der Waals surface area contributed by atoms with Crippen LogP contribution in [0, 0.1) is 0 Å². The van der Waals surface area contributed by atoms with Crippen LogP contribution in [0.3, 0.4) is 0 Å². The molecule has 0 aromatic carbocycles. The van der Waals surface area contributed by atoms with Gasteiger partial charge in [-0.15, -0.1) is 10.2 Å². The molecule has 0 N–H and O–H groups in total. The largest absolute Gasteiger partial charge is 0.303 e. The first-order chi connectivity index (χ1) is 9.83. The SMILES string of the molecule is Clc1ncccc1CSc1nnc(C2CC2)n1C1CC1. The number of halogens is 1. The third-order valence-corrected chi connectivity index (χ3v) is 5.07. The second kappa shape index (κ2) is 5.04. The molecular weight excluding hydrogens is 292 g/mol. The number of hydrogen-bond acceptors (Lipinski definition) is 4. The summed E-state index contributed by atoms with van der Waals surface area (Å²) >= 11 is 7.82. The Labute approximate surface area is 127 Å². The smallest absolute Gasteiger partial charge is 0.191 e. The van der Waals surface area contributed by atoms with Gasteiger partial charge in [0.05, 0.1) is 0 Å². The summed E-state index contributed by atoms with van der Waals surface area (Å²) in [4.78, 5) is 4.11. The van der Waals surface area contributed by atoms with Gasteiger partial charge in [0.25, 0.3) is 0 Å². The minimum atomic E-state index is 0.583. The van der Waals surface area contributed by atoms with Gasteiger partial charge in [-0.05, 0) is 37.3 Å². The predicted octanol–water partition coefficient (Wildman–Crippen LogP) is 3.83. The second-order valence-corrected chi connectivity index (χ2v) is 6.76. The Balaban J connectivity index is 1.55. The fourth-order valence-corrected chi connectivity index (χ4v) is 3.62. The van der Waals surface area contributed by atoms with Crippen molar-refractivity contribution in [2.24, 2.45) is 0 Å². The lowest BCUT2D eigenvalue weighted by Crippen LogP contribution is -2.02. The normalized spacial score (nSPS) is 18.4. The van der Waals surface area contributed by atoms with Gasteiger partial charge >= 0.3 is 0 Å². The van der Waals surface area contributed by atoms with E-state index >= 15 is 0 Å². The van der Waals surface area contributed by atoms with E-state index in [1.165, 1.54) is 31.5 Å². The fraction of sp³-hybridized carbons (Fsp3) is 0.500. The topological polar surface area (TPSA) is 43.6 Å². The maximum atomic E-state index is 6.10. The highest BCUT2D eigenvalue weighted by atomic mass is 35.5. The first kappa shape index (κ1) is 12.7. The highest BCUT2D eigenvalue weighted by Gasteiger charge is 2.36.